The third-order valence-corrected chi connectivity index (χ3v) is 10.3. The van der Waals surface area contributed by atoms with Crippen LogP contribution in [0.1, 0.15) is 89.2 Å². The first-order valence-corrected chi connectivity index (χ1v) is 18.4. The number of hydrogen-bond acceptors (Lipinski definition) is 6. The molecule has 0 unspecified atom stereocenters. The minimum Gasteiger partial charge on any atom is -0.453 e. The molecule has 2 aromatic heterocycles. The van der Waals surface area contributed by atoms with Gasteiger partial charge in [-0.1, -0.05) is 82.4 Å². The molecule has 2 aromatic carbocycles. The minimum atomic E-state index is -0.679. The Kier molecular flexibility index (Phi) is 11.2. The lowest BCUT2D eigenvalue weighted by Gasteiger charge is -2.30. The van der Waals surface area contributed by atoms with Crippen LogP contribution in [0, 0.1) is 29.6 Å². The average molecular weight is 716 g/mol. The van der Waals surface area contributed by atoms with Gasteiger partial charge in [-0.2, -0.15) is 0 Å². The van der Waals surface area contributed by atoms with E-state index >= 15 is 0 Å². The van der Waals surface area contributed by atoms with Gasteiger partial charge in [-0.15, -0.1) is 0 Å². The van der Waals surface area contributed by atoms with Gasteiger partial charge in [0.2, 0.25) is 11.8 Å². The van der Waals surface area contributed by atoms with Crippen LogP contribution < -0.4 is 5.32 Å². The quantitative estimate of drug-likeness (QED) is 0.126. The summed E-state index contributed by atoms with van der Waals surface area (Å²) >= 11 is 0. The molecule has 0 aliphatic carbocycles. The Bertz CT molecular complexity index is 2030. The van der Waals surface area contributed by atoms with Crippen molar-refractivity contribution in [3.8, 4) is 34.4 Å². The summed E-state index contributed by atoms with van der Waals surface area (Å²) in [4.78, 5) is 58.5. The van der Waals surface area contributed by atoms with E-state index in [0.29, 0.717) is 13.1 Å². The molecule has 53 heavy (non-hydrogen) atoms. The maximum atomic E-state index is 13.5. The number of methoxy groups -OCH3 is 1. The third-order valence-electron chi connectivity index (χ3n) is 10.3. The van der Waals surface area contributed by atoms with Crippen LogP contribution in [0.5, 0.6) is 0 Å². The molecular formula is C42H49N7O4. The van der Waals surface area contributed by atoms with E-state index in [9.17, 15) is 14.4 Å². The van der Waals surface area contributed by atoms with Crippen molar-refractivity contribution >= 4 is 17.9 Å². The number of hydrogen-bond donors (Lipinski definition) is 3. The lowest BCUT2D eigenvalue weighted by molar-refractivity contribution is -0.137. The number of benzene rings is 2. The second-order valence-corrected chi connectivity index (χ2v) is 14.8. The Balaban J connectivity index is 1.09. The van der Waals surface area contributed by atoms with Crippen molar-refractivity contribution < 1.29 is 19.1 Å². The Hall–Kier alpha value is -5.63. The second-order valence-electron chi connectivity index (χ2n) is 14.8. The monoisotopic (exact) mass is 715 g/mol. The Labute approximate surface area is 311 Å². The van der Waals surface area contributed by atoms with Crippen LogP contribution in [0.3, 0.4) is 0 Å². The van der Waals surface area contributed by atoms with Crippen molar-refractivity contribution in [3.05, 3.63) is 95.3 Å². The van der Waals surface area contributed by atoms with Gasteiger partial charge in [0.05, 0.1) is 36.9 Å². The molecule has 0 spiro atoms. The molecule has 2 aliphatic rings. The number of rotatable bonds is 9. The van der Waals surface area contributed by atoms with Gasteiger partial charge in [-0.3, -0.25) is 9.59 Å². The van der Waals surface area contributed by atoms with Gasteiger partial charge in [0.15, 0.2) is 0 Å². The number of aromatic amines is 2. The molecule has 0 radical (unpaired) electrons. The first-order chi connectivity index (χ1) is 25.4. The Morgan fingerprint density at radius 1 is 0.811 bits per heavy atom. The molecule has 6 rings (SSSR count). The van der Waals surface area contributed by atoms with Crippen LogP contribution in [0.2, 0.25) is 0 Å². The van der Waals surface area contributed by atoms with Crippen molar-refractivity contribution in [2.45, 2.75) is 72.5 Å². The number of aromatic nitrogens is 4. The van der Waals surface area contributed by atoms with Gasteiger partial charge in [-0.25, -0.2) is 14.8 Å². The molecule has 0 bridgehead atoms. The molecule has 4 atom stereocenters. The Morgan fingerprint density at radius 3 is 1.92 bits per heavy atom. The lowest BCUT2D eigenvalue weighted by Crippen LogP contribution is -2.51. The van der Waals surface area contributed by atoms with E-state index in [-0.39, 0.29) is 41.7 Å². The molecule has 1 saturated heterocycles. The highest BCUT2D eigenvalue weighted by atomic mass is 16.5. The van der Waals surface area contributed by atoms with E-state index in [2.05, 4.69) is 63.9 Å². The number of H-pyrrole nitrogens is 2. The smallest absolute Gasteiger partial charge is 0.407 e. The molecule has 2 aliphatic heterocycles. The van der Waals surface area contributed by atoms with Crippen molar-refractivity contribution in [2.75, 3.05) is 20.2 Å². The summed E-state index contributed by atoms with van der Waals surface area (Å²) in [5.74, 6) is 8.14. The summed E-state index contributed by atoms with van der Waals surface area (Å²) < 4.78 is 4.75. The summed E-state index contributed by atoms with van der Waals surface area (Å²) in [5.41, 5.74) is 6.64. The summed E-state index contributed by atoms with van der Waals surface area (Å²) in [5, 5.41) is 2.69. The van der Waals surface area contributed by atoms with Crippen LogP contribution >= 0.6 is 0 Å². The number of nitrogens with zero attached hydrogens (tertiary/aromatic N) is 4. The van der Waals surface area contributed by atoms with Gasteiger partial charge < -0.3 is 29.8 Å². The molecule has 3 amide bonds. The fourth-order valence-corrected chi connectivity index (χ4v) is 6.86. The average Bonchev–Trinajstić information content (AvgIpc) is 3.99. The number of amides is 3. The van der Waals surface area contributed by atoms with Crippen LogP contribution in [-0.4, -0.2) is 73.9 Å². The van der Waals surface area contributed by atoms with Crippen molar-refractivity contribution in [1.82, 2.24) is 35.1 Å². The molecule has 4 heterocycles. The summed E-state index contributed by atoms with van der Waals surface area (Å²) in [6.45, 7) is 13.2. The van der Waals surface area contributed by atoms with E-state index in [1.165, 1.54) is 12.7 Å². The van der Waals surface area contributed by atoms with E-state index in [1.807, 2.05) is 80.4 Å². The van der Waals surface area contributed by atoms with E-state index < -0.39 is 12.1 Å². The van der Waals surface area contributed by atoms with E-state index in [1.54, 1.807) is 11.1 Å². The molecule has 3 N–H and O–H groups in total. The highest BCUT2D eigenvalue weighted by molar-refractivity contribution is 5.86. The highest BCUT2D eigenvalue weighted by Crippen LogP contribution is 2.34. The molecular weight excluding hydrogens is 667 g/mol. The summed E-state index contributed by atoms with van der Waals surface area (Å²) in [7, 11) is 1.29. The second kappa shape index (κ2) is 15.9. The summed E-state index contributed by atoms with van der Waals surface area (Å²) in [6, 6.07) is 14.9. The number of alkyl carbamates (subject to hydrolysis) is 1. The van der Waals surface area contributed by atoms with Gasteiger partial charge >= 0.3 is 6.09 Å². The zero-order valence-electron chi connectivity index (χ0n) is 31.6. The van der Waals surface area contributed by atoms with Crippen molar-refractivity contribution in [2.24, 2.45) is 17.8 Å². The number of imidazole rings is 2. The number of likely N-dealkylation sites (tertiary alicyclic amines) is 1. The molecule has 4 aromatic rings. The third kappa shape index (κ3) is 8.22. The van der Waals surface area contributed by atoms with Crippen molar-refractivity contribution in [1.29, 1.82) is 0 Å². The van der Waals surface area contributed by atoms with Gasteiger partial charge in [0, 0.05) is 30.1 Å². The maximum Gasteiger partial charge on any atom is 0.407 e. The van der Waals surface area contributed by atoms with Crippen LogP contribution in [0.25, 0.3) is 22.5 Å². The molecule has 11 heteroatoms. The van der Waals surface area contributed by atoms with Gasteiger partial charge in [0.25, 0.3) is 0 Å². The standard InChI is InChI=1S/C42H49N7O4/c1-25(2)28(6)40(50)49-24-27(5)21-36(49)39-44-23-34(46-39)32-18-14-30(15-19-32)11-10-29-12-16-31(17-13-29)33-22-43-38(45-33)35-9-8-20-48(35)41(51)37(26(3)4)47-42(52)53-7/h12-19,21-23,25-26,28,35-37H,8-9,20,24H2,1-7H3,(H,43,45)(H,44,46)(H,47,52)/t28-,35-,36-,37-/m0/s1. The summed E-state index contributed by atoms with van der Waals surface area (Å²) in [6.07, 6.45) is 6.76. The number of carbonyl (C=O) groups excluding carboxylic acids is 3. The fraction of sp³-hybridized carbons (Fsp3) is 0.405. The molecule has 1 fully saturated rings. The number of carbonyl (C=O) groups is 3. The van der Waals surface area contributed by atoms with Crippen LogP contribution in [-0.2, 0) is 14.3 Å². The zero-order chi connectivity index (χ0) is 37.8. The van der Waals surface area contributed by atoms with E-state index in [0.717, 1.165) is 58.1 Å². The number of nitrogens with one attached hydrogen (secondary N) is 3. The lowest BCUT2D eigenvalue weighted by atomic mass is 9.96. The maximum absolute atomic E-state index is 13.5. The van der Waals surface area contributed by atoms with Crippen LogP contribution in [0.4, 0.5) is 4.79 Å². The number of ether oxygens (including phenoxy) is 1. The molecule has 276 valence electrons. The Morgan fingerprint density at radius 2 is 1.38 bits per heavy atom. The van der Waals surface area contributed by atoms with Gasteiger partial charge in [0.1, 0.15) is 23.7 Å². The molecule has 11 nitrogen and oxygen atoms in total. The van der Waals surface area contributed by atoms with Gasteiger partial charge in [-0.05, 0) is 67.0 Å². The SMILES string of the molecule is COC(=O)N[C@H](C(=O)N1CCC[C@H]1c1ncc(-c2ccc(C#Cc3ccc(-c4cnc([C@@H]5C=C(C)CN5C(=O)[C@@H](C)C(C)C)[nH]4)cc3)cc2)[nH]1)C(C)C. The van der Waals surface area contributed by atoms with E-state index in [4.69, 9.17) is 4.74 Å². The fourth-order valence-electron chi connectivity index (χ4n) is 6.86. The first-order valence-electron chi connectivity index (χ1n) is 18.4. The van der Waals surface area contributed by atoms with Crippen LogP contribution in [0.15, 0.2) is 72.6 Å². The largest absolute Gasteiger partial charge is 0.453 e. The zero-order valence-corrected chi connectivity index (χ0v) is 31.6. The highest BCUT2D eigenvalue weighted by Gasteiger charge is 2.38. The van der Waals surface area contributed by atoms with Crippen molar-refractivity contribution in [3.63, 3.8) is 0 Å². The topological polar surface area (TPSA) is 136 Å². The predicted octanol–water partition coefficient (Wildman–Crippen LogP) is 7.03. The molecule has 0 saturated carbocycles. The normalized spacial score (nSPS) is 18.1. The minimum absolute atomic E-state index is 0.0565. The predicted molar refractivity (Wildman–Crippen MR) is 204 cm³/mol. The first kappa shape index (κ1) is 37.1.